The Labute approximate surface area is 165 Å². The summed E-state index contributed by atoms with van der Waals surface area (Å²) in [6, 6.07) is 20.9. The first-order chi connectivity index (χ1) is 13.1. The highest BCUT2D eigenvalue weighted by Gasteiger charge is 2.41. The molecule has 3 heterocycles. The molecule has 0 saturated carbocycles. The van der Waals surface area contributed by atoms with E-state index in [0.717, 1.165) is 23.0 Å². The van der Waals surface area contributed by atoms with Crippen LogP contribution in [-0.2, 0) is 0 Å². The van der Waals surface area contributed by atoms with E-state index in [9.17, 15) is 0 Å². The first-order valence-corrected chi connectivity index (χ1v) is 9.76. The fraction of sp³-hybridized carbons (Fsp3) is 0.273. The van der Waals surface area contributed by atoms with Crippen molar-refractivity contribution in [1.82, 2.24) is 19.8 Å². The van der Waals surface area contributed by atoms with Crippen molar-refractivity contribution in [2.24, 2.45) is 5.92 Å². The zero-order valence-corrected chi connectivity index (χ0v) is 16.4. The molecule has 138 valence electrons. The molecule has 3 aromatic rings. The molecule has 1 aliphatic heterocycles. The number of aromatic nitrogens is 2. The minimum Gasteiger partial charge on any atom is -0.352 e. The second kappa shape index (κ2) is 7.53. The highest BCUT2D eigenvalue weighted by Crippen LogP contribution is 2.39. The molecule has 27 heavy (non-hydrogen) atoms. The van der Waals surface area contributed by atoms with Gasteiger partial charge in [0.05, 0.1) is 17.8 Å². The maximum Gasteiger partial charge on any atom is 0.170 e. The van der Waals surface area contributed by atoms with Crippen molar-refractivity contribution in [2.75, 3.05) is 6.54 Å². The number of hydrogen-bond acceptors (Lipinski definition) is 2. The third-order valence-corrected chi connectivity index (χ3v) is 5.23. The molecule has 5 heteroatoms. The van der Waals surface area contributed by atoms with Gasteiger partial charge in [0.15, 0.2) is 5.11 Å². The lowest BCUT2D eigenvalue weighted by Crippen LogP contribution is -2.33. The molecule has 0 bridgehead atoms. The maximum atomic E-state index is 5.72. The Morgan fingerprint density at radius 3 is 2.52 bits per heavy atom. The molecule has 1 saturated heterocycles. The predicted octanol–water partition coefficient (Wildman–Crippen LogP) is 4.50. The van der Waals surface area contributed by atoms with E-state index >= 15 is 0 Å². The number of hydrogen-bond donors (Lipinski definition) is 1. The van der Waals surface area contributed by atoms with Crippen LogP contribution in [0, 0.1) is 5.92 Å². The van der Waals surface area contributed by atoms with Crippen LogP contribution >= 0.6 is 12.2 Å². The van der Waals surface area contributed by atoms with Gasteiger partial charge in [0.1, 0.15) is 0 Å². The van der Waals surface area contributed by atoms with Crippen molar-refractivity contribution in [3.8, 4) is 5.69 Å². The molecule has 0 aliphatic carbocycles. The van der Waals surface area contributed by atoms with Crippen LogP contribution in [0.15, 0.2) is 73.1 Å². The Balaban J connectivity index is 1.81. The van der Waals surface area contributed by atoms with E-state index in [0.29, 0.717) is 5.92 Å². The lowest BCUT2D eigenvalue weighted by molar-refractivity contribution is 0.280. The van der Waals surface area contributed by atoms with Gasteiger partial charge in [-0.1, -0.05) is 38.1 Å². The molecule has 4 rings (SSSR count). The molecule has 1 aliphatic rings. The smallest absolute Gasteiger partial charge is 0.170 e. The molecule has 0 spiro atoms. The molecule has 4 nitrogen and oxygen atoms in total. The summed E-state index contributed by atoms with van der Waals surface area (Å²) in [5.74, 6) is 0.509. The molecular formula is C22H24N4S. The summed E-state index contributed by atoms with van der Waals surface area (Å²) in [7, 11) is 0. The molecule has 1 N–H and O–H groups in total. The summed E-state index contributed by atoms with van der Waals surface area (Å²) in [6.45, 7) is 5.35. The minimum absolute atomic E-state index is 0.0230. The summed E-state index contributed by atoms with van der Waals surface area (Å²) >= 11 is 5.72. The lowest BCUT2D eigenvalue weighted by atomic mass is 10.0. The summed E-state index contributed by atoms with van der Waals surface area (Å²) < 4.78 is 2.25. The molecule has 0 radical (unpaired) electrons. The van der Waals surface area contributed by atoms with E-state index in [4.69, 9.17) is 12.2 Å². The summed E-state index contributed by atoms with van der Waals surface area (Å²) in [5, 5.41) is 4.32. The summed E-state index contributed by atoms with van der Waals surface area (Å²) in [6.07, 6.45) is 3.97. The number of nitrogens with zero attached hydrogens (tertiary/aromatic N) is 3. The summed E-state index contributed by atoms with van der Waals surface area (Å²) in [5.41, 5.74) is 3.38. The van der Waals surface area contributed by atoms with E-state index in [-0.39, 0.29) is 12.1 Å². The van der Waals surface area contributed by atoms with Gasteiger partial charge >= 0.3 is 0 Å². The van der Waals surface area contributed by atoms with Gasteiger partial charge in [0.25, 0.3) is 0 Å². The van der Waals surface area contributed by atoms with Crippen molar-refractivity contribution >= 4 is 17.3 Å². The Hall–Kier alpha value is -2.66. The highest BCUT2D eigenvalue weighted by molar-refractivity contribution is 7.80. The fourth-order valence-electron chi connectivity index (χ4n) is 3.78. The van der Waals surface area contributed by atoms with Gasteiger partial charge in [-0.15, -0.1) is 0 Å². The van der Waals surface area contributed by atoms with Gasteiger partial charge < -0.3 is 14.8 Å². The number of pyridine rings is 1. The minimum atomic E-state index is 0.0230. The second-order valence-corrected chi connectivity index (χ2v) is 7.70. The molecule has 2 atom stereocenters. The van der Waals surface area contributed by atoms with Crippen molar-refractivity contribution in [3.63, 3.8) is 0 Å². The van der Waals surface area contributed by atoms with Crippen LogP contribution in [0.5, 0.6) is 0 Å². The average Bonchev–Trinajstić information content (AvgIpc) is 3.28. The normalized spacial score (nSPS) is 19.5. The van der Waals surface area contributed by atoms with Crippen molar-refractivity contribution in [3.05, 3.63) is 84.4 Å². The fourth-order valence-corrected chi connectivity index (χ4v) is 4.09. The Morgan fingerprint density at radius 1 is 1.04 bits per heavy atom. The van der Waals surface area contributed by atoms with E-state index in [1.54, 1.807) is 0 Å². The Morgan fingerprint density at radius 2 is 1.81 bits per heavy atom. The van der Waals surface area contributed by atoms with Gasteiger partial charge in [-0.05, 0) is 54.5 Å². The van der Waals surface area contributed by atoms with Gasteiger partial charge in [0, 0.05) is 30.3 Å². The van der Waals surface area contributed by atoms with Crippen LogP contribution in [0.1, 0.15) is 37.3 Å². The Kier molecular flexibility index (Phi) is 4.94. The molecular weight excluding hydrogens is 352 g/mol. The molecule has 1 fully saturated rings. The predicted molar refractivity (Wildman–Crippen MR) is 113 cm³/mol. The lowest BCUT2D eigenvalue weighted by Gasteiger charge is -2.30. The van der Waals surface area contributed by atoms with Crippen LogP contribution in [0.4, 0.5) is 0 Å². The van der Waals surface area contributed by atoms with E-state index in [2.05, 4.69) is 82.3 Å². The highest BCUT2D eigenvalue weighted by atomic mass is 32.1. The first kappa shape index (κ1) is 17.7. The van der Waals surface area contributed by atoms with Crippen LogP contribution in [-0.4, -0.2) is 26.1 Å². The number of rotatable bonds is 5. The number of thiocarbonyl (C=S) groups is 1. The van der Waals surface area contributed by atoms with Crippen molar-refractivity contribution in [2.45, 2.75) is 25.9 Å². The van der Waals surface area contributed by atoms with Gasteiger partial charge in [-0.25, -0.2) is 0 Å². The zero-order chi connectivity index (χ0) is 18.8. The van der Waals surface area contributed by atoms with E-state index in [1.807, 2.05) is 24.4 Å². The Bertz CT molecular complexity index is 904. The van der Waals surface area contributed by atoms with Crippen LogP contribution < -0.4 is 5.32 Å². The van der Waals surface area contributed by atoms with Gasteiger partial charge in [0.2, 0.25) is 0 Å². The van der Waals surface area contributed by atoms with E-state index < -0.39 is 0 Å². The van der Waals surface area contributed by atoms with Crippen LogP contribution in [0.25, 0.3) is 5.69 Å². The van der Waals surface area contributed by atoms with Crippen LogP contribution in [0.2, 0.25) is 0 Å². The number of nitrogens with one attached hydrogen (secondary N) is 1. The molecule has 0 unspecified atom stereocenters. The van der Waals surface area contributed by atoms with Crippen molar-refractivity contribution < 1.29 is 0 Å². The largest absolute Gasteiger partial charge is 0.352 e. The van der Waals surface area contributed by atoms with Gasteiger partial charge in [-0.3, -0.25) is 4.98 Å². The molecule has 1 aromatic carbocycles. The SMILES string of the molecule is CC(C)CN1C(=S)N[C@@H](c2ccccn2)[C@H]1c1cccn1-c1ccccc1. The average molecular weight is 377 g/mol. The topological polar surface area (TPSA) is 33.1 Å². The number of para-hydroxylation sites is 1. The number of benzene rings is 1. The van der Waals surface area contributed by atoms with Crippen LogP contribution in [0.3, 0.4) is 0 Å². The second-order valence-electron chi connectivity index (χ2n) is 7.31. The van der Waals surface area contributed by atoms with Gasteiger partial charge in [-0.2, -0.15) is 0 Å². The third kappa shape index (κ3) is 3.47. The maximum absolute atomic E-state index is 5.72. The monoisotopic (exact) mass is 376 g/mol. The standard InChI is InChI=1S/C22H24N4S/c1-16(2)15-26-21(20(24-22(26)27)18-11-6-7-13-23-18)19-12-8-14-25(19)17-9-4-3-5-10-17/h3-14,16,20-21H,15H2,1-2H3,(H,24,27)/t20-,21+/m0/s1. The first-order valence-electron chi connectivity index (χ1n) is 9.36. The quantitative estimate of drug-likeness (QED) is 0.665. The van der Waals surface area contributed by atoms with E-state index in [1.165, 1.54) is 5.69 Å². The molecule has 0 amide bonds. The molecule has 2 aromatic heterocycles. The summed E-state index contributed by atoms with van der Waals surface area (Å²) in [4.78, 5) is 6.93. The third-order valence-electron chi connectivity index (χ3n) is 4.88. The zero-order valence-electron chi connectivity index (χ0n) is 15.6. The van der Waals surface area contributed by atoms with Crippen molar-refractivity contribution in [1.29, 1.82) is 0 Å².